The lowest BCUT2D eigenvalue weighted by Gasteiger charge is -2.12. The molecule has 0 saturated heterocycles. The van der Waals surface area contributed by atoms with Crippen molar-refractivity contribution in [2.45, 2.75) is 26.7 Å². The van der Waals surface area contributed by atoms with Gasteiger partial charge in [0.2, 0.25) is 17.8 Å². The Kier molecular flexibility index (Phi) is 3.25. The number of hydrogen-bond donors (Lipinski definition) is 2. The summed E-state index contributed by atoms with van der Waals surface area (Å²) in [7, 11) is 0. The number of imidazole rings is 1. The van der Waals surface area contributed by atoms with E-state index in [1.165, 1.54) is 12.8 Å². The highest BCUT2D eigenvalue weighted by Crippen LogP contribution is 2.44. The van der Waals surface area contributed by atoms with Gasteiger partial charge in [0, 0.05) is 25.5 Å². The molecule has 2 aromatic heterocycles. The summed E-state index contributed by atoms with van der Waals surface area (Å²) in [6, 6.07) is 0. The van der Waals surface area contributed by atoms with Gasteiger partial charge in [0.05, 0.1) is 0 Å². The van der Waals surface area contributed by atoms with Crippen molar-refractivity contribution in [1.29, 1.82) is 0 Å². The van der Waals surface area contributed by atoms with Crippen molar-refractivity contribution < 1.29 is 0 Å². The SMILES string of the molecule is CCNc1nc(NCC2(C)CC2)nc(-n2ccnc2)n1. The molecule has 2 heterocycles. The molecule has 7 nitrogen and oxygen atoms in total. The normalized spacial score (nSPS) is 15.9. The average molecular weight is 273 g/mol. The Morgan fingerprint density at radius 2 is 1.95 bits per heavy atom. The van der Waals surface area contributed by atoms with Gasteiger partial charge in [0.25, 0.3) is 0 Å². The van der Waals surface area contributed by atoms with Gasteiger partial charge in [-0.05, 0) is 25.2 Å². The van der Waals surface area contributed by atoms with E-state index in [1.54, 1.807) is 17.1 Å². The summed E-state index contributed by atoms with van der Waals surface area (Å²) in [5, 5.41) is 6.44. The van der Waals surface area contributed by atoms with E-state index in [1.807, 2.05) is 13.1 Å². The molecule has 0 amide bonds. The summed E-state index contributed by atoms with van der Waals surface area (Å²) in [6.45, 7) is 5.94. The third-order valence-corrected chi connectivity index (χ3v) is 3.47. The van der Waals surface area contributed by atoms with E-state index < -0.39 is 0 Å². The van der Waals surface area contributed by atoms with Crippen LogP contribution in [0.5, 0.6) is 0 Å². The Hall–Kier alpha value is -2.18. The second kappa shape index (κ2) is 5.07. The number of hydrogen-bond acceptors (Lipinski definition) is 6. The zero-order valence-electron chi connectivity index (χ0n) is 11.8. The van der Waals surface area contributed by atoms with E-state index in [0.717, 1.165) is 13.1 Å². The number of nitrogens with zero attached hydrogens (tertiary/aromatic N) is 5. The molecule has 0 radical (unpaired) electrons. The zero-order chi connectivity index (χ0) is 14.0. The van der Waals surface area contributed by atoms with Crippen LogP contribution in [0.4, 0.5) is 11.9 Å². The van der Waals surface area contributed by atoms with Gasteiger partial charge in [-0.15, -0.1) is 0 Å². The molecule has 106 valence electrons. The zero-order valence-corrected chi connectivity index (χ0v) is 11.8. The first-order chi connectivity index (χ1) is 9.68. The smallest absolute Gasteiger partial charge is 0.241 e. The molecule has 0 aromatic carbocycles. The largest absolute Gasteiger partial charge is 0.354 e. The highest BCUT2D eigenvalue weighted by molar-refractivity contribution is 5.38. The minimum Gasteiger partial charge on any atom is -0.354 e. The number of anilines is 2. The van der Waals surface area contributed by atoms with Crippen molar-refractivity contribution in [2.75, 3.05) is 23.7 Å². The van der Waals surface area contributed by atoms with Crippen molar-refractivity contribution >= 4 is 11.9 Å². The summed E-state index contributed by atoms with van der Waals surface area (Å²) >= 11 is 0. The fourth-order valence-electron chi connectivity index (χ4n) is 1.86. The van der Waals surface area contributed by atoms with Crippen LogP contribution >= 0.6 is 0 Å². The number of rotatable bonds is 6. The van der Waals surface area contributed by atoms with E-state index >= 15 is 0 Å². The molecule has 1 aliphatic carbocycles. The Balaban J connectivity index is 1.84. The van der Waals surface area contributed by atoms with Crippen molar-refractivity contribution in [3.63, 3.8) is 0 Å². The fraction of sp³-hybridized carbons (Fsp3) is 0.538. The Labute approximate surface area is 117 Å². The van der Waals surface area contributed by atoms with Crippen molar-refractivity contribution in [2.24, 2.45) is 5.41 Å². The maximum atomic E-state index is 4.44. The summed E-state index contributed by atoms with van der Waals surface area (Å²) in [4.78, 5) is 17.2. The Morgan fingerprint density at radius 3 is 2.55 bits per heavy atom. The maximum Gasteiger partial charge on any atom is 0.241 e. The van der Waals surface area contributed by atoms with Crippen molar-refractivity contribution in [3.8, 4) is 5.95 Å². The van der Waals surface area contributed by atoms with Gasteiger partial charge in [-0.1, -0.05) is 6.92 Å². The summed E-state index contributed by atoms with van der Waals surface area (Å²) in [5.74, 6) is 1.75. The first-order valence-electron chi connectivity index (χ1n) is 6.91. The molecule has 2 N–H and O–H groups in total. The van der Waals surface area contributed by atoms with Crippen LogP contribution in [0, 0.1) is 5.41 Å². The molecular weight excluding hydrogens is 254 g/mol. The van der Waals surface area contributed by atoms with E-state index in [4.69, 9.17) is 0 Å². The van der Waals surface area contributed by atoms with Gasteiger partial charge in [0.15, 0.2) is 0 Å². The lowest BCUT2D eigenvalue weighted by molar-refractivity contribution is 0.607. The molecule has 20 heavy (non-hydrogen) atoms. The van der Waals surface area contributed by atoms with Gasteiger partial charge in [-0.25, -0.2) is 4.98 Å². The number of nitrogens with one attached hydrogen (secondary N) is 2. The van der Waals surface area contributed by atoms with Gasteiger partial charge >= 0.3 is 0 Å². The first-order valence-corrected chi connectivity index (χ1v) is 6.91. The van der Waals surface area contributed by atoms with Crippen LogP contribution in [0.15, 0.2) is 18.7 Å². The van der Waals surface area contributed by atoms with Crippen LogP contribution in [0.25, 0.3) is 5.95 Å². The Bertz CT molecular complexity index is 574. The molecule has 2 aromatic rings. The van der Waals surface area contributed by atoms with E-state index in [-0.39, 0.29) is 0 Å². The molecule has 0 bridgehead atoms. The molecule has 1 saturated carbocycles. The quantitative estimate of drug-likeness (QED) is 0.834. The van der Waals surface area contributed by atoms with Gasteiger partial charge in [-0.3, -0.25) is 4.57 Å². The van der Waals surface area contributed by atoms with Crippen molar-refractivity contribution in [1.82, 2.24) is 24.5 Å². The lowest BCUT2D eigenvalue weighted by Crippen LogP contribution is -2.16. The predicted molar refractivity (Wildman–Crippen MR) is 76.9 cm³/mol. The van der Waals surface area contributed by atoms with Crippen LogP contribution in [0.1, 0.15) is 26.7 Å². The van der Waals surface area contributed by atoms with Crippen LogP contribution in [0.3, 0.4) is 0 Å². The highest BCUT2D eigenvalue weighted by atomic mass is 15.3. The fourth-order valence-corrected chi connectivity index (χ4v) is 1.86. The molecule has 0 atom stereocenters. The standard InChI is InChI=1S/C13H19N7/c1-3-15-10-17-11(16-8-13(2)4-5-13)19-12(18-10)20-7-6-14-9-20/h6-7,9H,3-5,8H2,1-2H3,(H2,15,16,17,18,19). The molecular formula is C13H19N7. The minimum absolute atomic E-state index is 0.403. The maximum absolute atomic E-state index is 4.44. The van der Waals surface area contributed by atoms with E-state index in [2.05, 4.69) is 37.5 Å². The van der Waals surface area contributed by atoms with E-state index in [9.17, 15) is 0 Å². The lowest BCUT2D eigenvalue weighted by atomic mass is 10.1. The molecule has 0 spiro atoms. The topological polar surface area (TPSA) is 80.5 Å². The van der Waals surface area contributed by atoms with Crippen molar-refractivity contribution in [3.05, 3.63) is 18.7 Å². The molecule has 1 aliphatic rings. The van der Waals surface area contributed by atoms with E-state index in [0.29, 0.717) is 23.3 Å². The second-order valence-corrected chi connectivity index (χ2v) is 5.45. The van der Waals surface area contributed by atoms with Crippen LogP contribution in [0.2, 0.25) is 0 Å². The molecule has 0 aliphatic heterocycles. The predicted octanol–water partition coefficient (Wildman–Crippen LogP) is 1.70. The van der Waals surface area contributed by atoms with Crippen LogP contribution in [-0.4, -0.2) is 37.6 Å². The summed E-state index contributed by atoms with van der Waals surface area (Å²) in [5.41, 5.74) is 0.403. The molecule has 0 unspecified atom stereocenters. The summed E-state index contributed by atoms with van der Waals surface area (Å²) < 4.78 is 1.77. The minimum atomic E-state index is 0.403. The van der Waals surface area contributed by atoms with Gasteiger partial charge in [-0.2, -0.15) is 15.0 Å². The van der Waals surface area contributed by atoms with Gasteiger partial charge in [0.1, 0.15) is 6.33 Å². The third kappa shape index (κ3) is 2.87. The first kappa shape index (κ1) is 12.8. The second-order valence-electron chi connectivity index (χ2n) is 5.45. The molecule has 3 rings (SSSR count). The highest BCUT2D eigenvalue weighted by Gasteiger charge is 2.37. The molecule has 7 heteroatoms. The summed E-state index contributed by atoms with van der Waals surface area (Å²) in [6.07, 6.45) is 7.72. The van der Waals surface area contributed by atoms with Gasteiger partial charge < -0.3 is 10.6 Å². The van der Waals surface area contributed by atoms with Crippen LogP contribution < -0.4 is 10.6 Å². The van der Waals surface area contributed by atoms with Crippen LogP contribution in [-0.2, 0) is 0 Å². The monoisotopic (exact) mass is 273 g/mol. The average Bonchev–Trinajstić information content (AvgIpc) is 2.95. The number of aromatic nitrogens is 5. The third-order valence-electron chi connectivity index (χ3n) is 3.47. The molecule has 1 fully saturated rings. The Morgan fingerprint density at radius 1 is 1.20 bits per heavy atom.